The molecule has 1 aliphatic heterocycles. The lowest BCUT2D eigenvalue weighted by Gasteiger charge is -2.41. The van der Waals surface area contributed by atoms with E-state index in [0.717, 1.165) is 26.2 Å². The molecule has 0 bridgehead atoms. The van der Waals surface area contributed by atoms with Crippen molar-refractivity contribution in [2.24, 2.45) is 0 Å². The van der Waals surface area contributed by atoms with E-state index in [1.54, 1.807) is 12.1 Å². The van der Waals surface area contributed by atoms with Crippen molar-refractivity contribution in [2.45, 2.75) is 25.9 Å². The summed E-state index contributed by atoms with van der Waals surface area (Å²) in [6, 6.07) is 6.50. The molecule has 2 unspecified atom stereocenters. The van der Waals surface area contributed by atoms with Crippen molar-refractivity contribution in [3.8, 4) is 6.07 Å². The number of likely N-dealkylation sites (N-methyl/N-ethyl adjacent to an activating group) is 1. The largest absolute Gasteiger partial charge is 0.298 e. The molecule has 0 N–H and O–H groups in total. The predicted octanol–water partition coefficient (Wildman–Crippen LogP) is 3.07. The Morgan fingerprint density at radius 3 is 2.80 bits per heavy atom. The van der Waals surface area contributed by atoms with Gasteiger partial charge in [-0.3, -0.25) is 9.80 Å². The predicted molar refractivity (Wildman–Crippen MR) is 78.0 cm³/mol. The van der Waals surface area contributed by atoms with Gasteiger partial charge < -0.3 is 0 Å². The average molecular weight is 296 g/mol. The van der Waals surface area contributed by atoms with Crippen molar-refractivity contribution in [1.82, 2.24) is 9.80 Å². The van der Waals surface area contributed by atoms with Gasteiger partial charge in [0.1, 0.15) is 11.9 Å². The fourth-order valence-corrected chi connectivity index (χ4v) is 3.09. The van der Waals surface area contributed by atoms with Gasteiger partial charge in [-0.2, -0.15) is 5.26 Å². The van der Waals surface area contributed by atoms with Gasteiger partial charge in [-0.05, 0) is 25.6 Å². The van der Waals surface area contributed by atoms with Crippen LogP contribution in [0.1, 0.15) is 25.5 Å². The molecular formula is C15H19ClFN3. The smallest absolute Gasteiger partial charge is 0.130 e. The lowest BCUT2D eigenvalue weighted by atomic mass is 10.0. The summed E-state index contributed by atoms with van der Waals surface area (Å²) in [4.78, 5) is 4.37. The number of nitriles is 1. The molecule has 0 radical (unpaired) electrons. The zero-order valence-corrected chi connectivity index (χ0v) is 12.6. The van der Waals surface area contributed by atoms with Crippen LogP contribution < -0.4 is 0 Å². The minimum atomic E-state index is -0.620. The summed E-state index contributed by atoms with van der Waals surface area (Å²) >= 11 is 6.09. The topological polar surface area (TPSA) is 30.3 Å². The first-order valence-corrected chi connectivity index (χ1v) is 7.27. The molecule has 1 aromatic carbocycles. The number of halogens is 2. The summed E-state index contributed by atoms with van der Waals surface area (Å²) in [5, 5.41) is 9.78. The van der Waals surface area contributed by atoms with Crippen LogP contribution in [0.15, 0.2) is 18.2 Å². The minimum absolute atomic E-state index is 0.300. The second-order valence-corrected chi connectivity index (χ2v) is 5.55. The Morgan fingerprint density at radius 2 is 2.25 bits per heavy atom. The number of hydrogen-bond acceptors (Lipinski definition) is 3. The highest BCUT2D eigenvalue weighted by molar-refractivity contribution is 6.31. The second kappa shape index (κ2) is 6.53. The highest BCUT2D eigenvalue weighted by atomic mass is 35.5. The van der Waals surface area contributed by atoms with Gasteiger partial charge in [0, 0.05) is 36.3 Å². The van der Waals surface area contributed by atoms with E-state index >= 15 is 0 Å². The molecule has 1 saturated heterocycles. The third-order valence-electron chi connectivity index (χ3n) is 3.96. The number of piperazine rings is 1. The van der Waals surface area contributed by atoms with Crippen LogP contribution in [-0.4, -0.2) is 42.0 Å². The molecule has 3 nitrogen and oxygen atoms in total. The number of benzene rings is 1. The first kappa shape index (κ1) is 15.2. The van der Waals surface area contributed by atoms with Gasteiger partial charge in [-0.15, -0.1) is 0 Å². The van der Waals surface area contributed by atoms with Crippen LogP contribution in [0.5, 0.6) is 0 Å². The summed E-state index contributed by atoms with van der Waals surface area (Å²) < 4.78 is 14.0. The van der Waals surface area contributed by atoms with E-state index in [2.05, 4.69) is 24.8 Å². The van der Waals surface area contributed by atoms with Crippen molar-refractivity contribution in [3.63, 3.8) is 0 Å². The molecule has 2 atom stereocenters. The first-order chi connectivity index (χ1) is 9.58. The van der Waals surface area contributed by atoms with Crippen molar-refractivity contribution >= 4 is 11.6 Å². The van der Waals surface area contributed by atoms with Crippen LogP contribution >= 0.6 is 11.6 Å². The van der Waals surface area contributed by atoms with E-state index in [1.165, 1.54) is 6.07 Å². The van der Waals surface area contributed by atoms with Crippen LogP contribution in [0.2, 0.25) is 5.02 Å². The monoisotopic (exact) mass is 295 g/mol. The Kier molecular flexibility index (Phi) is 4.98. The maximum absolute atomic E-state index is 14.0. The number of nitrogens with zero attached hydrogens (tertiary/aromatic N) is 3. The molecule has 0 spiro atoms. The van der Waals surface area contributed by atoms with Crippen molar-refractivity contribution in [3.05, 3.63) is 34.6 Å². The molecule has 20 heavy (non-hydrogen) atoms. The van der Waals surface area contributed by atoms with Crippen LogP contribution in [-0.2, 0) is 0 Å². The SMILES string of the molecule is CCN1CCN(C(C#N)c2c(F)cccc2Cl)CC1C. The Balaban J connectivity index is 2.24. The third-order valence-corrected chi connectivity index (χ3v) is 4.29. The number of hydrogen-bond donors (Lipinski definition) is 0. The highest BCUT2D eigenvalue weighted by Gasteiger charge is 2.31. The Bertz CT molecular complexity index is 494. The van der Waals surface area contributed by atoms with E-state index in [9.17, 15) is 9.65 Å². The first-order valence-electron chi connectivity index (χ1n) is 6.90. The molecule has 2 rings (SSSR count). The molecule has 1 fully saturated rings. The van der Waals surface area contributed by atoms with Crippen LogP contribution in [0.4, 0.5) is 4.39 Å². The van der Waals surface area contributed by atoms with E-state index in [4.69, 9.17) is 11.6 Å². The molecule has 0 aliphatic carbocycles. The maximum atomic E-state index is 14.0. The van der Waals surface area contributed by atoms with Gasteiger partial charge in [0.25, 0.3) is 0 Å². The Hall–Kier alpha value is -1.15. The number of rotatable bonds is 3. The second-order valence-electron chi connectivity index (χ2n) is 5.14. The molecule has 5 heteroatoms. The van der Waals surface area contributed by atoms with Gasteiger partial charge in [-0.1, -0.05) is 24.6 Å². The molecule has 0 saturated carbocycles. The highest BCUT2D eigenvalue weighted by Crippen LogP contribution is 2.31. The molecule has 0 amide bonds. The zero-order chi connectivity index (χ0) is 14.7. The van der Waals surface area contributed by atoms with Crippen molar-refractivity contribution < 1.29 is 4.39 Å². The van der Waals surface area contributed by atoms with Crippen molar-refractivity contribution in [2.75, 3.05) is 26.2 Å². The summed E-state index contributed by atoms with van der Waals surface area (Å²) in [7, 11) is 0. The quantitative estimate of drug-likeness (QED) is 0.858. The average Bonchev–Trinajstić information content (AvgIpc) is 2.43. The molecular weight excluding hydrogens is 277 g/mol. The summed E-state index contributed by atoms with van der Waals surface area (Å²) in [6.45, 7) is 7.64. The van der Waals surface area contributed by atoms with E-state index < -0.39 is 11.9 Å². The van der Waals surface area contributed by atoms with E-state index in [0.29, 0.717) is 16.6 Å². The van der Waals surface area contributed by atoms with Gasteiger partial charge in [0.05, 0.1) is 6.07 Å². The summed E-state index contributed by atoms with van der Waals surface area (Å²) in [5.41, 5.74) is 0.300. The lowest BCUT2D eigenvalue weighted by Crippen LogP contribution is -2.52. The van der Waals surface area contributed by atoms with Crippen LogP contribution in [0, 0.1) is 17.1 Å². The fraction of sp³-hybridized carbons (Fsp3) is 0.533. The minimum Gasteiger partial charge on any atom is -0.298 e. The standard InChI is InChI=1S/C15H19ClFN3/c1-3-19-7-8-20(10-11(19)2)14(9-18)15-12(16)5-4-6-13(15)17/h4-6,11,14H,3,7-8,10H2,1-2H3. The van der Waals surface area contributed by atoms with E-state index in [1.807, 2.05) is 4.90 Å². The Morgan fingerprint density at radius 1 is 1.50 bits per heavy atom. The molecule has 108 valence electrons. The molecule has 1 aliphatic rings. The summed E-state index contributed by atoms with van der Waals surface area (Å²) in [6.07, 6.45) is 0. The molecule has 1 aromatic rings. The van der Waals surface area contributed by atoms with Crippen LogP contribution in [0.25, 0.3) is 0 Å². The van der Waals surface area contributed by atoms with Gasteiger partial charge in [-0.25, -0.2) is 4.39 Å². The summed E-state index contributed by atoms with van der Waals surface area (Å²) in [5.74, 6) is -0.408. The van der Waals surface area contributed by atoms with Crippen molar-refractivity contribution in [1.29, 1.82) is 5.26 Å². The molecule has 0 aromatic heterocycles. The maximum Gasteiger partial charge on any atom is 0.130 e. The molecule has 1 heterocycles. The van der Waals surface area contributed by atoms with Gasteiger partial charge in [0.2, 0.25) is 0 Å². The third kappa shape index (κ3) is 2.95. The lowest BCUT2D eigenvalue weighted by molar-refractivity contribution is 0.0721. The Labute approximate surface area is 124 Å². The zero-order valence-electron chi connectivity index (χ0n) is 11.8. The van der Waals surface area contributed by atoms with Gasteiger partial charge >= 0.3 is 0 Å². The van der Waals surface area contributed by atoms with Gasteiger partial charge in [0.15, 0.2) is 0 Å². The van der Waals surface area contributed by atoms with E-state index in [-0.39, 0.29) is 0 Å². The normalized spacial score (nSPS) is 22.4. The van der Waals surface area contributed by atoms with Crippen LogP contribution in [0.3, 0.4) is 0 Å². The fourth-order valence-electron chi connectivity index (χ4n) is 2.83.